The van der Waals surface area contributed by atoms with Crippen LogP contribution in [0.2, 0.25) is 0 Å². The molecule has 1 spiro atoms. The molecule has 3 rings (SSSR count). The van der Waals surface area contributed by atoms with E-state index in [1.54, 1.807) is 0 Å². The van der Waals surface area contributed by atoms with E-state index in [0.29, 0.717) is 12.2 Å². The number of hydrogen-bond acceptors (Lipinski definition) is 3. The van der Waals surface area contributed by atoms with E-state index in [9.17, 15) is 9.59 Å². The molecule has 3 aliphatic rings. The van der Waals surface area contributed by atoms with Crippen molar-refractivity contribution in [3.05, 3.63) is 0 Å². The molecule has 16 heavy (non-hydrogen) atoms. The van der Waals surface area contributed by atoms with E-state index in [4.69, 9.17) is 4.74 Å². The van der Waals surface area contributed by atoms with Gasteiger partial charge in [0.05, 0.1) is 11.3 Å². The molecular weight excluding hydrogens is 204 g/mol. The molecule has 0 aromatic rings. The van der Waals surface area contributed by atoms with Crippen molar-refractivity contribution in [3.8, 4) is 0 Å². The highest BCUT2D eigenvalue weighted by Crippen LogP contribution is 2.62. The average molecular weight is 222 g/mol. The molecular formula is C13H18O3. The summed E-state index contributed by atoms with van der Waals surface area (Å²) in [5, 5.41) is 0. The quantitative estimate of drug-likeness (QED) is 0.590. The highest BCUT2D eigenvalue weighted by atomic mass is 16.6. The Labute approximate surface area is 95.5 Å². The van der Waals surface area contributed by atoms with Crippen LogP contribution in [0.1, 0.15) is 51.9 Å². The van der Waals surface area contributed by atoms with E-state index < -0.39 is 11.0 Å². The number of hydrogen-bond donors (Lipinski definition) is 0. The third kappa shape index (κ3) is 0.994. The normalized spacial score (nSPS) is 47.2. The lowest BCUT2D eigenvalue weighted by atomic mass is 9.66. The minimum absolute atomic E-state index is 0.121. The molecule has 3 atom stereocenters. The molecule has 0 unspecified atom stereocenters. The number of rotatable bonds is 0. The minimum Gasteiger partial charge on any atom is -0.458 e. The maximum absolute atomic E-state index is 12.4. The maximum Gasteiger partial charge on any atom is 0.310 e. The van der Waals surface area contributed by atoms with Crippen LogP contribution in [0, 0.1) is 11.3 Å². The Morgan fingerprint density at radius 1 is 1.19 bits per heavy atom. The van der Waals surface area contributed by atoms with Crippen LogP contribution >= 0.6 is 0 Å². The van der Waals surface area contributed by atoms with Crippen molar-refractivity contribution in [2.45, 2.75) is 57.5 Å². The van der Waals surface area contributed by atoms with E-state index in [2.05, 4.69) is 0 Å². The molecule has 1 aliphatic heterocycles. The molecule has 2 aliphatic carbocycles. The van der Waals surface area contributed by atoms with E-state index in [1.165, 1.54) is 0 Å². The third-order valence-electron chi connectivity index (χ3n) is 5.03. The number of Topliss-reactive ketones (excluding diaryl/α,β-unsaturated/α-hetero) is 1. The van der Waals surface area contributed by atoms with Crippen LogP contribution in [0.5, 0.6) is 0 Å². The smallest absolute Gasteiger partial charge is 0.310 e. The first kappa shape index (κ1) is 10.3. The molecule has 3 nitrogen and oxygen atoms in total. The van der Waals surface area contributed by atoms with Gasteiger partial charge in [-0.05, 0) is 32.6 Å². The van der Waals surface area contributed by atoms with Crippen LogP contribution in [0.4, 0.5) is 0 Å². The van der Waals surface area contributed by atoms with Gasteiger partial charge in [-0.1, -0.05) is 12.8 Å². The van der Waals surface area contributed by atoms with Crippen LogP contribution in [-0.2, 0) is 14.3 Å². The summed E-state index contributed by atoms with van der Waals surface area (Å²) in [4.78, 5) is 24.2. The molecule has 1 heterocycles. The third-order valence-corrected chi connectivity index (χ3v) is 5.03. The summed E-state index contributed by atoms with van der Waals surface area (Å²) in [6.45, 7) is 1.97. The molecule has 0 N–H and O–H groups in total. The Morgan fingerprint density at radius 3 is 2.62 bits per heavy atom. The van der Waals surface area contributed by atoms with Gasteiger partial charge in [0.2, 0.25) is 0 Å². The number of carbonyl (C=O) groups excluding carboxylic acids is 2. The van der Waals surface area contributed by atoms with Gasteiger partial charge in [-0.15, -0.1) is 0 Å². The predicted octanol–water partition coefficient (Wildman–Crippen LogP) is 2.23. The van der Waals surface area contributed by atoms with Crippen LogP contribution in [-0.4, -0.2) is 17.4 Å². The number of esters is 1. The summed E-state index contributed by atoms with van der Waals surface area (Å²) < 4.78 is 5.51. The van der Waals surface area contributed by atoms with Crippen molar-refractivity contribution >= 4 is 11.8 Å². The number of ether oxygens (including phenoxy) is 1. The molecule has 0 radical (unpaired) electrons. The number of carbonyl (C=O) groups is 2. The van der Waals surface area contributed by atoms with E-state index >= 15 is 0 Å². The van der Waals surface area contributed by atoms with Crippen LogP contribution < -0.4 is 0 Å². The second-order valence-corrected chi connectivity index (χ2v) is 5.70. The first-order valence-corrected chi connectivity index (χ1v) is 6.36. The number of ketones is 1. The monoisotopic (exact) mass is 222 g/mol. The lowest BCUT2D eigenvalue weighted by Crippen LogP contribution is -2.46. The standard InChI is InChI=1S/C13H18O3/c1-12-8-6-9(11(15)16-12)13(12)7-4-2-3-5-10(13)14/h9H,2-8H2,1H3/t9-,12-,13+/m1/s1. The molecule has 0 aromatic heterocycles. The van der Waals surface area contributed by atoms with Gasteiger partial charge >= 0.3 is 5.97 Å². The summed E-state index contributed by atoms with van der Waals surface area (Å²) >= 11 is 0. The predicted molar refractivity (Wildman–Crippen MR) is 57.7 cm³/mol. The lowest BCUT2D eigenvalue weighted by molar-refractivity contribution is -0.156. The zero-order valence-electron chi connectivity index (χ0n) is 9.75. The molecule has 0 amide bonds. The van der Waals surface area contributed by atoms with Crippen molar-refractivity contribution < 1.29 is 14.3 Å². The van der Waals surface area contributed by atoms with Crippen LogP contribution in [0.15, 0.2) is 0 Å². The maximum atomic E-state index is 12.4. The summed E-state index contributed by atoms with van der Waals surface area (Å²) in [5.41, 5.74) is -0.948. The molecule has 0 aromatic carbocycles. The Morgan fingerprint density at radius 2 is 2.00 bits per heavy atom. The van der Waals surface area contributed by atoms with Crippen molar-refractivity contribution in [3.63, 3.8) is 0 Å². The van der Waals surface area contributed by atoms with Gasteiger partial charge in [-0.25, -0.2) is 0 Å². The van der Waals surface area contributed by atoms with Crippen molar-refractivity contribution in [2.75, 3.05) is 0 Å². The topological polar surface area (TPSA) is 43.4 Å². The van der Waals surface area contributed by atoms with Crippen molar-refractivity contribution in [1.29, 1.82) is 0 Å². The average Bonchev–Trinajstić information content (AvgIpc) is 2.49. The highest BCUT2D eigenvalue weighted by molar-refractivity contribution is 5.95. The molecule has 3 fully saturated rings. The summed E-state index contributed by atoms with van der Waals surface area (Å²) in [5.74, 6) is 0.0351. The molecule has 2 saturated carbocycles. The Bertz CT molecular complexity index is 362. The van der Waals surface area contributed by atoms with E-state index in [1.807, 2.05) is 6.92 Å². The van der Waals surface area contributed by atoms with Gasteiger partial charge < -0.3 is 4.74 Å². The summed E-state index contributed by atoms with van der Waals surface area (Å²) in [7, 11) is 0. The Hall–Kier alpha value is -0.860. The van der Waals surface area contributed by atoms with Crippen LogP contribution in [0.25, 0.3) is 0 Å². The molecule has 2 bridgehead atoms. The highest BCUT2D eigenvalue weighted by Gasteiger charge is 2.70. The summed E-state index contributed by atoms with van der Waals surface area (Å²) in [6.07, 6.45) is 6.38. The molecule has 3 heteroatoms. The fourth-order valence-electron chi connectivity index (χ4n) is 4.17. The van der Waals surface area contributed by atoms with Gasteiger partial charge in [-0.3, -0.25) is 9.59 Å². The molecule has 88 valence electrons. The van der Waals surface area contributed by atoms with E-state index in [0.717, 1.165) is 38.5 Å². The van der Waals surface area contributed by atoms with Gasteiger partial charge in [-0.2, -0.15) is 0 Å². The fraction of sp³-hybridized carbons (Fsp3) is 0.846. The molecule has 1 saturated heterocycles. The van der Waals surface area contributed by atoms with Gasteiger partial charge in [0.25, 0.3) is 0 Å². The van der Waals surface area contributed by atoms with Crippen molar-refractivity contribution in [1.82, 2.24) is 0 Å². The van der Waals surface area contributed by atoms with E-state index in [-0.39, 0.29) is 11.9 Å². The first-order valence-electron chi connectivity index (χ1n) is 6.36. The van der Waals surface area contributed by atoms with Gasteiger partial charge in [0.15, 0.2) is 0 Å². The van der Waals surface area contributed by atoms with Crippen molar-refractivity contribution in [2.24, 2.45) is 11.3 Å². The second kappa shape index (κ2) is 3.08. The zero-order chi connectivity index (χ0) is 11.4. The Kier molecular flexibility index (Phi) is 1.99. The second-order valence-electron chi connectivity index (χ2n) is 5.70. The van der Waals surface area contributed by atoms with Gasteiger partial charge in [0.1, 0.15) is 11.4 Å². The SMILES string of the molecule is C[C@]12CC[C@H](C(=O)O1)[C@]21CCCCCC1=O. The lowest BCUT2D eigenvalue weighted by Gasteiger charge is -2.36. The summed E-state index contributed by atoms with van der Waals surface area (Å²) in [6, 6.07) is 0. The fourth-order valence-corrected chi connectivity index (χ4v) is 4.17. The Balaban J connectivity index is 2.08. The zero-order valence-corrected chi connectivity index (χ0v) is 9.75. The largest absolute Gasteiger partial charge is 0.458 e. The first-order chi connectivity index (χ1) is 7.60. The van der Waals surface area contributed by atoms with Crippen LogP contribution in [0.3, 0.4) is 0 Å². The minimum atomic E-state index is -0.490. The van der Waals surface area contributed by atoms with Gasteiger partial charge in [0, 0.05) is 6.42 Å².